The minimum absolute atomic E-state index is 0.455. The molecule has 4 aromatic rings. The number of nitrogens with zero attached hydrogens (tertiary/aromatic N) is 3. The molecule has 2 aromatic heterocycles. The molecule has 0 bridgehead atoms. The third kappa shape index (κ3) is 4.13. The molecule has 2 aromatic carbocycles. The summed E-state index contributed by atoms with van der Waals surface area (Å²) in [5, 5.41) is 0.712. The second-order valence-electron chi connectivity index (χ2n) is 5.91. The Hall–Kier alpha value is -3.24. The largest absolute Gasteiger partial charge is 0.488 e. The van der Waals surface area contributed by atoms with Gasteiger partial charge in [-0.1, -0.05) is 35.9 Å². The average Bonchev–Trinajstić information content (AvgIpc) is 2.74. The maximum Gasteiger partial charge on any atom is 0.159 e. The summed E-state index contributed by atoms with van der Waals surface area (Å²) in [6.45, 7) is 0.455. The fraction of sp³-hybridized carbons (Fsp3) is 0.0455. The van der Waals surface area contributed by atoms with E-state index in [1.165, 1.54) is 0 Å². The van der Waals surface area contributed by atoms with Crippen LogP contribution in [0.15, 0.2) is 85.3 Å². The fourth-order valence-electron chi connectivity index (χ4n) is 2.69. The molecule has 0 spiro atoms. The van der Waals surface area contributed by atoms with Crippen LogP contribution in [0, 0.1) is 0 Å². The SMILES string of the molecule is Clc1ccc(COc2ccccc2-c2ccnc(-c3ccncc3)n2)cc1. The Kier molecular flexibility index (Phi) is 5.08. The van der Waals surface area contributed by atoms with Crippen molar-refractivity contribution in [3.63, 3.8) is 0 Å². The minimum Gasteiger partial charge on any atom is -0.488 e. The first-order valence-corrected chi connectivity index (χ1v) is 8.87. The smallest absolute Gasteiger partial charge is 0.159 e. The Morgan fingerprint density at radius 2 is 1.59 bits per heavy atom. The van der Waals surface area contributed by atoms with Gasteiger partial charge in [0.1, 0.15) is 12.4 Å². The van der Waals surface area contributed by atoms with Gasteiger partial charge < -0.3 is 4.74 Å². The molecule has 4 rings (SSSR count). The Morgan fingerprint density at radius 1 is 0.815 bits per heavy atom. The van der Waals surface area contributed by atoms with Crippen molar-refractivity contribution in [2.45, 2.75) is 6.61 Å². The van der Waals surface area contributed by atoms with E-state index in [9.17, 15) is 0 Å². The lowest BCUT2D eigenvalue weighted by Gasteiger charge is -2.12. The van der Waals surface area contributed by atoms with E-state index in [2.05, 4.69) is 9.97 Å². The highest BCUT2D eigenvalue weighted by Gasteiger charge is 2.10. The Bertz CT molecular complexity index is 1040. The summed E-state index contributed by atoms with van der Waals surface area (Å²) < 4.78 is 6.05. The topological polar surface area (TPSA) is 47.9 Å². The van der Waals surface area contributed by atoms with Crippen molar-refractivity contribution in [3.8, 4) is 28.4 Å². The molecule has 0 N–H and O–H groups in total. The van der Waals surface area contributed by atoms with Gasteiger partial charge in [-0.2, -0.15) is 0 Å². The van der Waals surface area contributed by atoms with Crippen LogP contribution >= 0.6 is 11.6 Å². The molecule has 0 saturated carbocycles. The molecular weight excluding hydrogens is 358 g/mol. The zero-order valence-corrected chi connectivity index (χ0v) is 15.2. The number of ether oxygens (including phenoxy) is 1. The van der Waals surface area contributed by atoms with E-state index in [0.717, 1.165) is 28.1 Å². The van der Waals surface area contributed by atoms with Crippen molar-refractivity contribution in [1.82, 2.24) is 15.0 Å². The second-order valence-corrected chi connectivity index (χ2v) is 6.35. The van der Waals surface area contributed by atoms with Gasteiger partial charge >= 0.3 is 0 Å². The van der Waals surface area contributed by atoms with E-state index in [-0.39, 0.29) is 0 Å². The predicted molar refractivity (Wildman–Crippen MR) is 106 cm³/mol. The van der Waals surface area contributed by atoms with Gasteiger partial charge in [0.2, 0.25) is 0 Å². The van der Waals surface area contributed by atoms with Crippen molar-refractivity contribution in [3.05, 3.63) is 95.9 Å². The number of aromatic nitrogens is 3. The minimum atomic E-state index is 0.455. The Balaban J connectivity index is 1.62. The molecule has 2 heterocycles. The molecule has 0 aliphatic heterocycles. The molecule has 4 nitrogen and oxygen atoms in total. The normalized spacial score (nSPS) is 10.6. The summed E-state index contributed by atoms with van der Waals surface area (Å²) in [7, 11) is 0. The van der Waals surface area contributed by atoms with Gasteiger partial charge in [-0.25, -0.2) is 9.97 Å². The van der Waals surface area contributed by atoms with Gasteiger partial charge in [0.25, 0.3) is 0 Å². The number of hydrogen-bond acceptors (Lipinski definition) is 4. The van der Waals surface area contributed by atoms with E-state index < -0.39 is 0 Å². The Morgan fingerprint density at radius 3 is 2.41 bits per heavy atom. The van der Waals surface area contributed by atoms with Crippen LogP contribution in [0.5, 0.6) is 5.75 Å². The van der Waals surface area contributed by atoms with Crippen LogP contribution in [-0.2, 0) is 6.61 Å². The molecule has 0 aliphatic carbocycles. The van der Waals surface area contributed by atoms with E-state index in [1.807, 2.05) is 66.7 Å². The van der Waals surface area contributed by atoms with Crippen molar-refractivity contribution >= 4 is 11.6 Å². The van der Waals surface area contributed by atoms with Crippen LogP contribution in [0.25, 0.3) is 22.6 Å². The van der Waals surface area contributed by atoms with E-state index in [4.69, 9.17) is 21.3 Å². The van der Waals surface area contributed by atoms with E-state index in [0.29, 0.717) is 17.5 Å². The molecular formula is C22H16ClN3O. The van der Waals surface area contributed by atoms with Gasteiger partial charge in [-0.3, -0.25) is 4.98 Å². The molecule has 0 atom stereocenters. The molecule has 0 unspecified atom stereocenters. The highest BCUT2D eigenvalue weighted by Crippen LogP contribution is 2.30. The van der Waals surface area contributed by atoms with Crippen LogP contribution in [0.4, 0.5) is 0 Å². The van der Waals surface area contributed by atoms with Crippen LogP contribution in [-0.4, -0.2) is 15.0 Å². The van der Waals surface area contributed by atoms with Gasteiger partial charge in [-0.05, 0) is 48.0 Å². The van der Waals surface area contributed by atoms with Crippen LogP contribution < -0.4 is 4.74 Å². The van der Waals surface area contributed by atoms with Gasteiger partial charge in [-0.15, -0.1) is 0 Å². The maximum atomic E-state index is 6.05. The lowest BCUT2D eigenvalue weighted by Crippen LogP contribution is -1.98. The van der Waals surface area contributed by atoms with Crippen molar-refractivity contribution < 1.29 is 4.74 Å². The molecule has 0 fully saturated rings. The molecule has 0 aliphatic rings. The summed E-state index contributed by atoms with van der Waals surface area (Å²) in [5.74, 6) is 1.43. The summed E-state index contributed by atoms with van der Waals surface area (Å²) >= 11 is 5.94. The standard InChI is InChI=1S/C22H16ClN3O/c23-18-7-5-16(6-8-18)15-27-21-4-2-1-3-19(21)20-11-14-25-22(26-20)17-9-12-24-13-10-17/h1-14H,15H2. The lowest BCUT2D eigenvalue weighted by molar-refractivity contribution is 0.307. The molecule has 27 heavy (non-hydrogen) atoms. The molecule has 132 valence electrons. The summed E-state index contributed by atoms with van der Waals surface area (Å²) in [5.41, 5.74) is 3.70. The maximum absolute atomic E-state index is 6.05. The highest BCUT2D eigenvalue weighted by atomic mass is 35.5. The first-order chi connectivity index (χ1) is 13.3. The monoisotopic (exact) mass is 373 g/mol. The molecule has 0 saturated heterocycles. The van der Waals surface area contributed by atoms with Gasteiger partial charge in [0, 0.05) is 34.7 Å². The van der Waals surface area contributed by atoms with Gasteiger partial charge in [0.05, 0.1) is 5.69 Å². The average molecular weight is 374 g/mol. The zero-order valence-electron chi connectivity index (χ0n) is 14.4. The number of hydrogen-bond donors (Lipinski definition) is 0. The summed E-state index contributed by atoms with van der Waals surface area (Å²) in [6.07, 6.45) is 5.22. The van der Waals surface area contributed by atoms with E-state index >= 15 is 0 Å². The number of halogens is 1. The van der Waals surface area contributed by atoms with E-state index in [1.54, 1.807) is 18.6 Å². The third-order valence-corrected chi connectivity index (χ3v) is 4.32. The Labute approximate surface area is 162 Å². The van der Waals surface area contributed by atoms with Crippen LogP contribution in [0.2, 0.25) is 5.02 Å². The fourth-order valence-corrected chi connectivity index (χ4v) is 2.82. The molecule has 0 amide bonds. The first-order valence-electron chi connectivity index (χ1n) is 8.50. The molecule has 0 radical (unpaired) electrons. The zero-order chi connectivity index (χ0) is 18.5. The predicted octanol–water partition coefficient (Wildman–Crippen LogP) is 5.44. The highest BCUT2D eigenvalue weighted by molar-refractivity contribution is 6.30. The first kappa shape index (κ1) is 17.2. The number of pyridine rings is 1. The van der Waals surface area contributed by atoms with Gasteiger partial charge in [0.15, 0.2) is 5.82 Å². The summed E-state index contributed by atoms with van der Waals surface area (Å²) in [4.78, 5) is 13.1. The van der Waals surface area contributed by atoms with Crippen molar-refractivity contribution in [2.24, 2.45) is 0 Å². The summed E-state index contributed by atoms with van der Waals surface area (Å²) in [6, 6.07) is 21.2. The van der Waals surface area contributed by atoms with Crippen LogP contribution in [0.1, 0.15) is 5.56 Å². The lowest BCUT2D eigenvalue weighted by atomic mass is 10.1. The number of para-hydroxylation sites is 1. The second kappa shape index (κ2) is 7.98. The van der Waals surface area contributed by atoms with Crippen LogP contribution in [0.3, 0.4) is 0 Å². The number of rotatable bonds is 5. The molecule has 5 heteroatoms. The number of benzene rings is 2. The third-order valence-electron chi connectivity index (χ3n) is 4.06. The quantitative estimate of drug-likeness (QED) is 0.467. The van der Waals surface area contributed by atoms with Crippen molar-refractivity contribution in [1.29, 1.82) is 0 Å². The van der Waals surface area contributed by atoms with Crippen molar-refractivity contribution in [2.75, 3.05) is 0 Å².